The number of anilines is 1. The molecule has 0 saturated carbocycles. The number of nitrogens with zero attached hydrogens (tertiary/aromatic N) is 3. The van der Waals surface area contributed by atoms with Crippen molar-refractivity contribution in [2.45, 2.75) is 13.8 Å². The third kappa shape index (κ3) is 3.54. The van der Waals surface area contributed by atoms with Crippen molar-refractivity contribution in [1.29, 1.82) is 0 Å². The van der Waals surface area contributed by atoms with Crippen molar-refractivity contribution in [2.24, 2.45) is 5.41 Å². The van der Waals surface area contributed by atoms with E-state index in [2.05, 4.69) is 53.1 Å². The molecule has 0 atom stereocenters. The van der Waals surface area contributed by atoms with Gasteiger partial charge < -0.3 is 15.2 Å². The monoisotopic (exact) mass is 275 g/mol. The Kier molecular flexibility index (Phi) is 4.04. The number of hydrogen-bond donors (Lipinski definition) is 2. The third-order valence-electron chi connectivity index (χ3n) is 3.02. The van der Waals surface area contributed by atoms with Crippen molar-refractivity contribution < 1.29 is 0 Å². The Morgan fingerprint density at radius 1 is 1.35 bits per heavy atom. The number of nitrogens with one attached hydrogen (secondary N) is 2. The lowest BCUT2D eigenvalue weighted by atomic mass is 9.93. The van der Waals surface area contributed by atoms with Gasteiger partial charge in [-0.25, -0.2) is 9.97 Å². The van der Waals surface area contributed by atoms with Crippen molar-refractivity contribution in [2.75, 3.05) is 32.5 Å². The minimum atomic E-state index is -0.145. The van der Waals surface area contributed by atoms with Gasteiger partial charge in [-0.15, -0.1) is 0 Å². The number of fused-ring (bicyclic) bond motifs is 1. The molecule has 2 N–H and O–H groups in total. The molecule has 0 aliphatic heterocycles. The summed E-state index contributed by atoms with van der Waals surface area (Å²) in [5.74, 6) is 0.697. The van der Waals surface area contributed by atoms with E-state index in [9.17, 15) is 4.79 Å². The second kappa shape index (κ2) is 5.58. The van der Waals surface area contributed by atoms with Crippen LogP contribution in [0, 0.1) is 5.41 Å². The van der Waals surface area contributed by atoms with E-state index in [1.54, 1.807) is 12.3 Å². The van der Waals surface area contributed by atoms with Gasteiger partial charge in [-0.05, 0) is 25.6 Å². The van der Waals surface area contributed by atoms with E-state index < -0.39 is 0 Å². The van der Waals surface area contributed by atoms with Crippen LogP contribution < -0.4 is 10.9 Å². The second-order valence-electron chi connectivity index (χ2n) is 6.07. The number of aromatic nitrogens is 3. The highest BCUT2D eigenvalue weighted by Gasteiger charge is 2.18. The van der Waals surface area contributed by atoms with Gasteiger partial charge in [0.1, 0.15) is 5.82 Å². The second-order valence-corrected chi connectivity index (χ2v) is 6.07. The first-order chi connectivity index (χ1) is 9.37. The standard InChI is InChI=1S/C14H21N5O/c1-14(2,8-19(3)4)7-16-12-5-10-11(6-15-12)17-9-18-13(10)20/h5-6,9H,7-8H2,1-4H3,(H,15,16)(H,17,18,20). The molecule has 2 aromatic heterocycles. The first-order valence-electron chi connectivity index (χ1n) is 6.59. The van der Waals surface area contributed by atoms with Crippen molar-refractivity contribution in [3.63, 3.8) is 0 Å². The molecule has 0 bridgehead atoms. The number of hydrogen-bond acceptors (Lipinski definition) is 5. The fraction of sp³-hybridized carbons (Fsp3) is 0.500. The number of pyridine rings is 1. The van der Waals surface area contributed by atoms with Gasteiger partial charge in [0.15, 0.2) is 0 Å². The van der Waals surface area contributed by atoms with E-state index in [-0.39, 0.29) is 11.0 Å². The lowest BCUT2D eigenvalue weighted by molar-refractivity contribution is 0.254. The summed E-state index contributed by atoms with van der Waals surface area (Å²) in [5, 5.41) is 3.84. The molecule has 6 heteroatoms. The van der Waals surface area contributed by atoms with Gasteiger partial charge in [0, 0.05) is 13.1 Å². The zero-order valence-electron chi connectivity index (χ0n) is 12.4. The summed E-state index contributed by atoms with van der Waals surface area (Å²) in [5.41, 5.74) is 0.571. The van der Waals surface area contributed by atoms with Gasteiger partial charge in [0.2, 0.25) is 0 Å². The molecule has 108 valence electrons. The molecular weight excluding hydrogens is 254 g/mol. The molecule has 0 saturated heterocycles. The minimum absolute atomic E-state index is 0.113. The van der Waals surface area contributed by atoms with Gasteiger partial charge in [0.25, 0.3) is 5.56 Å². The van der Waals surface area contributed by atoms with Crippen LogP contribution in [0.4, 0.5) is 5.82 Å². The van der Waals surface area contributed by atoms with Gasteiger partial charge in [-0.2, -0.15) is 0 Å². The predicted octanol–water partition coefficient (Wildman–Crippen LogP) is 1.32. The highest BCUT2D eigenvalue weighted by molar-refractivity contribution is 5.78. The summed E-state index contributed by atoms with van der Waals surface area (Å²) >= 11 is 0. The lowest BCUT2D eigenvalue weighted by Crippen LogP contribution is -2.34. The van der Waals surface area contributed by atoms with Crippen LogP contribution in [0.25, 0.3) is 10.9 Å². The molecule has 6 nitrogen and oxygen atoms in total. The van der Waals surface area contributed by atoms with E-state index >= 15 is 0 Å². The molecule has 0 amide bonds. The Balaban J connectivity index is 2.14. The van der Waals surface area contributed by atoms with Gasteiger partial charge in [-0.1, -0.05) is 13.8 Å². The SMILES string of the molecule is CN(C)CC(C)(C)CNc1cc2c(=O)[nH]cnc2cn1. The average Bonchev–Trinajstić information content (AvgIpc) is 2.36. The van der Waals surface area contributed by atoms with Crippen LogP contribution in [0.2, 0.25) is 0 Å². The smallest absolute Gasteiger partial charge is 0.258 e. The van der Waals surface area contributed by atoms with Gasteiger partial charge >= 0.3 is 0 Å². The first-order valence-corrected chi connectivity index (χ1v) is 6.59. The fourth-order valence-electron chi connectivity index (χ4n) is 2.31. The van der Waals surface area contributed by atoms with Crippen LogP contribution in [-0.4, -0.2) is 47.0 Å². The topological polar surface area (TPSA) is 73.9 Å². The van der Waals surface area contributed by atoms with Crippen molar-refractivity contribution in [3.8, 4) is 0 Å². The molecule has 0 aliphatic carbocycles. The molecule has 20 heavy (non-hydrogen) atoms. The van der Waals surface area contributed by atoms with Crippen LogP contribution in [-0.2, 0) is 0 Å². The molecule has 2 heterocycles. The highest BCUT2D eigenvalue weighted by Crippen LogP contribution is 2.17. The maximum absolute atomic E-state index is 11.7. The highest BCUT2D eigenvalue weighted by atomic mass is 16.1. The molecule has 0 unspecified atom stereocenters. The number of aromatic amines is 1. The van der Waals surface area contributed by atoms with Crippen LogP contribution in [0.1, 0.15) is 13.8 Å². The Morgan fingerprint density at radius 2 is 2.10 bits per heavy atom. The molecule has 0 aromatic carbocycles. The summed E-state index contributed by atoms with van der Waals surface area (Å²) < 4.78 is 0. The zero-order chi connectivity index (χ0) is 14.8. The van der Waals surface area contributed by atoms with Gasteiger partial charge in [0.05, 0.1) is 23.4 Å². The average molecular weight is 275 g/mol. The van der Waals surface area contributed by atoms with Crippen molar-refractivity contribution in [1.82, 2.24) is 19.9 Å². The Bertz CT molecular complexity index is 647. The lowest BCUT2D eigenvalue weighted by Gasteiger charge is -2.28. The van der Waals surface area contributed by atoms with E-state index in [1.807, 2.05) is 0 Å². The molecule has 0 fully saturated rings. The normalized spacial score (nSPS) is 12.1. The maximum Gasteiger partial charge on any atom is 0.258 e. The number of rotatable bonds is 5. The van der Waals surface area contributed by atoms with E-state index in [0.29, 0.717) is 16.7 Å². The zero-order valence-corrected chi connectivity index (χ0v) is 12.4. The maximum atomic E-state index is 11.7. The molecular formula is C14H21N5O. The molecule has 0 radical (unpaired) electrons. The first kappa shape index (κ1) is 14.5. The Morgan fingerprint density at radius 3 is 2.80 bits per heavy atom. The summed E-state index contributed by atoms with van der Waals surface area (Å²) in [4.78, 5) is 24.8. The van der Waals surface area contributed by atoms with E-state index in [0.717, 1.165) is 13.1 Å². The molecule has 2 rings (SSSR count). The van der Waals surface area contributed by atoms with Crippen LogP contribution in [0.3, 0.4) is 0 Å². The molecule has 2 aromatic rings. The van der Waals surface area contributed by atoms with Gasteiger partial charge in [-0.3, -0.25) is 4.79 Å². The summed E-state index contributed by atoms with van der Waals surface area (Å²) in [7, 11) is 4.11. The summed E-state index contributed by atoms with van der Waals surface area (Å²) in [6.45, 7) is 6.13. The largest absolute Gasteiger partial charge is 0.369 e. The van der Waals surface area contributed by atoms with Crippen LogP contribution in [0.5, 0.6) is 0 Å². The van der Waals surface area contributed by atoms with Crippen LogP contribution >= 0.6 is 0 Å². The Hall–Kier alpha value is -1.95. The van der Waals surface area contributed by atoms with Crippen molar-refractivity contribution in [3.05, 3.63) is 28.9 Å². The van der Waals surface area contributed by atoms with Crippen molar-refractivity contribution >= 4 is 16.7 Å². The molecule has 0 aliphatic rings. The quantitative estimate of drug-likeness (QED) is 0.861. The van der Waals surface area contributed by atoms with Crippen LogP contribution in [0.15, 0.2) is 23.4 Å². The fourth-order valence-corrected chi connectivity index (χ4v) is 2.31. The van der Waals surface area contributed by atoms with E-state index in [4.69, 9.17) is 0 Å². The predicted molar refractivity (Wildman–Crippen MR) is 81.0 cm³/mol. The third-order valence-corrected chi connectivity index (χ3v) is 3.02. The Labute approximate surface area is 118 Å². The molecule has 0 spiro atoms. The summed E-state index contributed by atoms with van der Waals surface area (Å²) in [6, 6.07) is 1.74. The van der Waals surface area contributed by atoms with E-state index in [1.165, 1.54) is 6.33 Å². The minimum Gasteiger partial charge on any atom is -0.369 e. The number of H-pyrrole nitrogens is 1. The summed E-state index contributed by atoms with van der Waals surface area (Å²) in [6.07, 6.45) is 3.01.